The van der Waals surface area contributed by atoms with Gasteiger partial charge in [-0.2, -0.15) is 11.8 Å². The van der Waals surface area contributed by atoms with E-state index in [2.05, 4.69) is 20.1 Å². The number of nitrogens with zero attached hydrogens (tertiary/aromatic N) is 3. The molecule has 3 aliphatic rings. The van der Waals surface area contributed by atoms with Crippen molar-refractivity contribution in [1.82, 2.24) is 15.2 Å². The minimum absolute atomic E-state index is 0.0727. The number of anilines is 1. The molecule has 26 heavy (non-hydrogen) atoms. The third kappa shape index (κ3) is 3.18. The van der Waals surface area contributed by atoms with Crippen LogP contribution in [0.2, 0.25) is 0 Å². The highest BCUT2D eigenvalue weighted by Crippen LogP contribution is 2.29. The summed E-state index contributed by atoms with van der Waals surface area (Å²) in [5, 5.41) is 4.13. The molecule has 1 unspecified atom stereocenters. The molecule has 7 heteroatoms. The Hall–Kier alpha value is -1.73. The van der Waals surface area contributed by atoms with Crippen molar-refractivity contribution in [3.05, 3.63) is 24.0 Å². The summed E-state index contributed by atoms with van der Waals surface area (Å²) in [5.41, 5.74) is 1.23. The van der Waals surface area contributed by atoms with Crippen LogP contribution in [0.15, 0.2) is 22.7 Å². The van der Waals surface area contributed by atoms with E-state index in [9.17, 15) is 4.79 Å². The van der Waals surface area contributed by atoms with Crippen molar-refractivity contribution in [3.8, 4) is 0 Å². The summed E-state index contributed by atoms with van der Waals surface area (Å²) in [5.74, 6) is 3.81. The van der Waals surface area contributed by atoms with Crippen LogP contribution in [-0.2, 0) is 0 Å². The van der Waals surface area contributed by atoms with Gasteiger partial charge < -0.3 is 19.5 Å². The summed E-state index contributed by atoms with van der Waals surface area (Å²) in [7, 11) is 0. The summed E-state index contributed by atoms with van der Waals surface area (Å²) >= 11 is 1.98. The first kappa shape index (κ1) is 16.4. The van der Waals surface area contributed by atoms with Crippen molar-refractivity contribution in [2.45, 2.75) is 18.9 Å². The van der Waals surface area contributed by atoms with E-state index < -0.39 is 0 Å². The summed E-state index contributed by atoms with van der Waals surface area (Å²) in [6.07, 6.45) is 4.04. The van der Waals surface area contributed by atoms with Gasteiger partial charge in [-0.15, -0.1) is 0 Å². The highest BCUT2D eigenvalue weighted by Gasteiger charge is 2.33. The Morgan fingerprint density at radius 2 is 2.12 bits per heavy atom. The van der Waals surface area contributed by atoms with Gasteiger partial charge in [0.05, 0.1) is 6.20 Å². The largest absolute Gasteiger partial charge is 0.439 e. The van der Waals surface area contributed by atoms with Crippen molar-refractivity contribution in [2.75, 3.05) is 49.1 Å². The lowest BCUT2D eigenvalue weighted by molar-refractivity contribution is 0.0904. The van der Waals surface area contributed by atoms with Gasteiger partial charge in [0.1, 0.15) is 5.69 Å². The maximum Gasteiger partial charge on any atom is 0.270 e. The number of nitrogens with one attached hydrogen (secondary N) is 1. The first-order valence-electron chi connectivity index (χ1n) is 9.50. The molecule has 1 amide bonds. The van der Waals surface area contributed by atoms with Gasteiger partial charge in [0.15, 0.2) is 11.5 Å². The molecule has 6 nitrogen and oxygen atoms in total. The monoisotopic (exact) mass is 372 g/mol. The molecule has 2 bridgehead atoms. The fraction of sp³-hybridized carbons (Fsp3) is 0.579. The van der Waals surface area contributed by atoms with Gasteiger partial charge >= 0.3 is 0 Å². The van der Waals surface area contributed by atoms with Crippen molar-refractivity contribution in [1.29, 1.82) is 0 Å². The Kier molecular flexibility index (Phi) is 4.29. The molecule has 0 aromatic carbocycles. The Labute approximate surface area is 157 Å². The van der Waals surface area contributed by atoms with E-state index in [1.54, 1.807) is 6.20 Å². The maximum atomic E-state index is 12.7. The first-order valence-corrected chi connectivity index (χ1v) is 10.7. The number of furan rings is 1. The van der Waals surface area contributed by atoms with E-state index in [-0.39, 0.29) is 11.9 Å². The molecule has 138 valence electrons. The van der Waals surface area contributed by atoms with E-state index in [0.717, 1.165) is 60.3 Å². The van der Waals surface area contributed by atoms with Crippen molar-refractivity contribution >= 4 is 34.5 Å². The van der Waals surface area contributed by atoms with Gasteiger partial charge in [-0.1, -0.05) is 0 Å². The SMILES string of the molecule is O=C(N[C@@H]1C[C@H]2CCN(C2)C1)c1cc2cc(N3CCSCC3)oc2cn1. The van der Waals surface area contributed by atoms with E-state index in [1.807, 2.05) is 23.9 Å². The van der Waals surface area contributed by atoms with E-state index in [1.165, 1.54) is 19.5 Å². The molecule has 3 atom stereocenters. The molecule has 0 radical (unpaired) electrons. The zero-order valence-electron chi connectivity index (χ0n) is 14.8. The molecule has 3 fully saturated rings. The number of carbonyl (C=O) groups excluding carboxylic acids is 1. The van der Waals surface area contributed by atoms with Crippen LogP contribution in [0.1, 0.15) is 23.3 Å². The van der Waals surface area contributed by atoms with Crippen LogP contribution < -0.4 is 10.2 Å². The van der Waals surface area contributed by atoms with E-state index in [4.69, 9.17) is 4.42 Å². The standard InChI is InChI=1S/C19H24N4O2S/c24-19(21-15-7-13-1-2-22(11-13)12-15)16-8-14-9-18(25-17(14)10-20-16)23-3-5-26-6-4-23/h8-10,13,15H,1-7,11-12H2,(H,21,24)/t13-,15-/m1/s1. The molecule has 5 heterocycles. The summed E-state index contributed by atoms with van der Waals surface area (Å²) < 4.78 is 5.94. The van der Waals surface area contributed by atoms with Crippen LogP contribution in [0.5, 0.6) is 0 Å². The van der Waals surface area contributed by atoms with Crippen LogP contribution in [0.25, 0.3) is 11.0 Å². The number of piperidine rings is 1. The van der Waals surface area contributed by atoms with Gasteiger partial charge in [-0.3, -0.25) is 4.79 Å². The highest BCUT2D eigenvalue weighted by molar-refractivity contribution is 7.99. The smallest absolute Gasteiger partial charge is 0.270 e. The lowest BCUT2D eigenvalue weighted by Gasteiger charge is -2.30. The molecule has 2 aromatic rings. The lowest BCUT2D eigenvalue weighted by Crippen LogP contribution is -2.47. The Morgan fingerprint density at radius 3 is 2.96 bits per heavy atom. The second-order valence-electron chi connectivity index (χ2n) is 7.61. The summed E-state index contributed by atoms with van der Waals surface area (Å²) in [6, 6.07) is 4.14. The zero-order chi connectivity index (χ0) is 17.5. The number of rotatable bonds is 3. The molecule has 5 rings (SSSR count). The quantitative estimate of drug-likeness (QED) is 0.891. The predicted molar refractivity (Wildman–Crippen MR) is 104 cm³/mol. The average Bonchev–Trinajstić information content (AvgIpc) is 3.24. The molecule has 3 aliphatic heterocycles. The molecule has 2 aromatic heterocycles. The fourth-order valence-electron chi connectivity index (χ4n) is 4.42. The molecule has 1 N–H and O–H groups in total. The minimum atomic E-state index is -0.0727. The number of aromatic nitrogens is 1. The highest BCUT2D eigenvalue weighted by atomic mass is 32.2. The third-order valence-corrected chi connectivity index (χ3v) is 6.69. The predicted octanol–water partition coefficient (Wildman–Crippen LogP) is 2.21. The van der Waals surface area contributed by atoms with Crippen molar-refractivity contribution in [2.24, 2.45) is 5.92 Å². The van der Waals surface area contributed by atoms with Crippen LogP contribution in [0, 0.1) is 5.92 Å². The van der Waals surface area contributed by atoms with Gasteiger partial charge in [-0.05, 0) is 31.4 Å². The second-order valence-corrected chi connectivity index (χ2v) is 8.84. The number of thioether (sulfide) groups is 1. The van der Waals surface area contributed by atoms with E-state index >= 15 is 0 Å². The van der Waals surface area contributed by atoms with Crippen LogP contribution in [0.4, 0.5) is 5.88 Å². The number of pyridine rings is 1. The van der Waals surface area contributed by atoms with Crippen molar-refractivity contribution in [3.63, 3.8) is 0 Å². The van der Waals surface area contributed by atoms with Gasteiger partial charge in [-0.25, -0.2) is 4.98 Å². The number of hydrogen-bond acceptors (Lipinski definition) is 6. The number of fused-ring (bicyclic) bond motifs is 3. The van der Waals surface area contributed by atoms with Gasteiger partial charge in [0.25, 0.3) is 5.91 Å². The average molecular weight is 372 g/mol. The number of amides is 1. The molecular weight excluding hydrogens is 348 g/mol. The van der Waals surface area contributed by atoms with Gasteiger partial charge in [0, 0.05) is 55.2 Å². The molecule has 3 saturated heterocycles. The topological polar surface area (TPSA) is 61.6 Å². The first-order chi connectivity index (χ1) is 12.7. The lowest BCUT2D eigenvalue weighted by atomic mass is 9.97. The number of carbonyl (C=O) groups is 1. The van der Waals surface area contributed by atoms with Gasteiger partial charge in [0.2, 0.25) is 0 Å². The van der Waals surface area contributed by atoms with E-state index in [0.29, 0.717) is 5.69 Å². The normalized spacial score (nSPS) is 28.5. The summed E-state index contributed by atoms with van der Waals surface area (Å²) in [4.78, 5) is 21.7. The fourth-order valence-corrected chi connectivity index (χ4v) is 5.32. The van der Waals surface area contributed by atoms with Crippen LogP contribution >= 0.6 is 11.8 Å². The van der Waals surface area contributed by atoms with Crippen LogP contribution in [-0.4, -0.2) is 66.1 Å². The zero-order valence-corrected chi connectivity index (χ0v) is 15.6. The molecule has 0 spiro atoms. The maximum absolute atomic E-state index is 12.7. The van der Waals surface area contributed by atoms with Crippen molar-refractivity contribution < 1.29 is 9.21 Å². The third-order valence-electron chi connectivity index (χ3n) is 5.75. The molecule has 0 aliphatic carbocycles. The Bertz CT molecular complexity index is 805. The second kappa shape index (κ2) is 6.78. The van der Waals surface area contributed by atoms with Crippen LogP contribution in [0.3, 0.4) is 0 Å². The summed E-state index contributed by atoms with van der Waals surface area (Å²) in [6.45, 7) is 5.35. The number of hydrogen-bond donors (Lipinski definition) is 1. The molecule has 0 saturated carbocycles. The minimum Gasteiger partial charge on any atom is -0.439 e. The molecular formula is C19H24N4O2S. The Morgan fingerprint density at radius 1 is 1.23 bits per heavy atom. The Balaban J connectivity index is 1.31.